The Balaban J connectivity index is 0.000000948. The van der Waals surface area contributed by atoms with Crippen LogP contribution in [0.3, 0.4) is 0 Å². The predicted octanol–water partition coefficient (Wildman–Crippen LogP) is 4.74. The molecule has 0 saturated carbocycles. The Kier molecular flexibility index (Phi) is 5.59. The van der Waals surface area contributed by atoms with E-state index in [1.54, 1.807) is 12.4 Å². The number of pyridine rings is 1. The molecular formula is C21H23N5. The van der Waals surface area contributed by atoms with E-state index in [4.69, 9.17) is 0 Å². The van der Waals surface area contributed by atoms with Crippen LogP contribution in [-0.2, 0) is 6.54 Å². The molecule has 132 valence electrons. The molecule has 0 spiro atoms. The van der Waals surface area contributed by atoms with Crippen LogP contribution in [0.1, 0.15) is 25.0 Å². The van der Waals surface area contributed by atoms with Crippen LogP contribution in [0.5, 0.6) is 0 Å². The second-order valence-electron chi connectivity index (χ2n) is 5.65. The van der Waals surface area contributed by atoms with E-state index in [9.17, 15) is 0 Å². The van der Waals surface area contributed by atoms with Gasteiger partial charge < -0.3 is 5.32 Å². The van der Waals surface area contributed by atoms with E-state index in [1.165, 1.54) is 11.1 Å². The Labute approximate surface area is 153 Å². The molecule has 0 radical (unpaired) electrons. The number of fused-ring (bicyclic) bond motifs is 1. The second-order valence-corrected chi connectivity index (χ2v) is 5.65. The van der Waals surface area contributed by atoms with Crippen LogP contribution in [0.4, 0.5) is 5.82 Å². The zero-order valence-electron chi connectivity index (χ0n) is 15.3. The lowest BCUT2D eigenvalue weighted by Crippen LogP contribution is -2.05. The molecule has 0 amide bonds. The van der Waals surface area contributed by atoms with E-state index < -0.39 is 0 Å². The van der Waals surface area contributed by atoms with Gasteiger partial charge in [-0.15, -0.1) is 5.10 Å². The van der Waals surface area contributed by atoms with Crippen molar-refractivity contribution in [3.8, 4) is 11.3 Å². The van der Waals surface area contributed by atoms with Crippen molar-refractivity contribution in [2.75, 3.05) is 5.32 Å². The van der Waals surface area contributed by atoms with Crippen molar-refractivity contribution in [3.05, 3.63) is 78.2 Å². The molecule has 3 heterocycles. The number of hydrogen-bond acceptors (Lipinski definition) is 4. The van der Waals surface area contributed by atoms with E-state index in [1.807, 2.05) is 48.8 Å². The molecule has 5 heteroatoms. The first-order valence-corrected chi connectivity index (χ1v) is 8.85. The Morgan fingerprint density at radius 3 is 2.50 bits per heavy atom. The predicted molar refractivity (Wildman–Crippen MR) is 106 cm³/mol. The normalized spacial score (nSPS) is 10.3. The second kappa shape index (κ2) is 8.25. The lowest BCUT2D eigenvalue weighted by atomic mass is 10.1. The highest BCUT2D eigenvalue weighted by atomic mass is 15.3. The van der Waals surface area contributed by atoms with Crippen molar-refractivity contribution in [2.24, 2.45) is 0 Å². The fourth-order valence-electron chi connectivity index (χ4n) is 2.68. The molecule has 0 atom stereocenters. The largest absolute Gasteiger partial charge is 0.365 e. The maximum absolute atomic E-state index is 4.68. The first-order valence-electron chi connectivity index (χ1n) is 8.85. The van der Waals surface area contributed by atoms with Gasteiger partial charge >= 0.3 is 0 Å². The lowest BCUT2D eigenvalue weighted by molar-refractivity contribution is 0.929. The minimum atomic E-state index is 0.741. The van der Waals surface area contributed by atoms with Crippen LogP contribution in [0, 0.1) is 6.92 Å². The summed E-state index contributed by atoms with van der Waals surface area (Å²) in [7, 11) is 0. The van der Waals surface area contributed by atoms with Gasteiger partial charge in [0.2, 0.25) is 0 Å². The maximum atomic E-state index is 4.68. The van der Waals surface area contributed by atoms with E-state index in [0.717, 1.165) is 29.3 Å². The van der Waals surface area contributed by atoms with Gasteiger partial charge in [-0.05, 0) is 42.3 Å². The van der Waals surface area contributed by atoms with E-state index in [0.29, 0.717) is 0 Å². The van der Waals surface area contributed by atoms with Crippen LogP contribution >= 0.6 is 0 Å². The number of hydrogen-bond donors (Lipinski definition) is 1. The van der Waals surface area contributed by atoms with E-state index in [2.05, 4.69) is 51.6 Å². The highest BCUT2D eigenvalue weighted by molar-refractivity contribution is 5.63. The Hall–Kier alpha value is -3.21. The SMILES string of the molecule is CC.Cc1ccccc1CNc1ccc2ncc(-c3ccncc3)n2n1. The van der Waals surface area contributed by atoms with E-state index in [-0.39, 0.29) is 0 Å². The van der Waals surface area contributed by atoms with Crippen molar-refractivity contribution in [3.63, 3.8) is 0 Å². The molecule has 0 bridgehead atoms. The van der Waals surface area contributed by atoms with Crippen molar-refractivity contribution in [2.45, 2.75) is 27.3 Å². The fourth-order valence-corrected chi connectivity index (χ4v) is 2.68. The van der Waals surface area contributed by atoms with Crippen molar-refractivity contribution in [1.29, 1.82) is 0 Å². The van der Waals surface area contributed by atoms with Crippen LogP contribution in [0.2, 0.25) is 0 Å². The van der Waals surface area contributed by atoms with Gasteiger partial charge in [0, 0.05) is 24.5 Å². The zero-order valence-corrected chi connectivity index (χ0v) is 15.3. The number of anilines is 1. The summed E-state index contributed by atoms with van der Waals surface area (Å²) in [4.78, 5) is 8.48. The third kappa shape index (κ3) is 3.72. The Morgan fingerprint density at radius 1 is 0.962 bits per heavy atom. The Morgan fingerprint density at radius 2 is 1.73 bits per heavy atom. The molecule has 0 saturated heterocycles. The number of rotatable bonds is 4. The monoisotopic (exact) mass is 345 g/mol. The molecule has 4 aromatic rings. The number of benzene rings is 1. The molecule has 4 rings (SSSR count). The number of imidazole rings is 1. The van der Waals surface area contributed by atoms with Crippen LogP contribution < -0.4 is 5.32 Å². The number of nitrogens with zero attached hydrogens (tertiary/aromatic N) is 4. The summed E-state index contributed by atoms with van der Waals surface area (Å²) in [5.74, 6) is 0.819. The molecule has 0 aliphatic carbocycles. The molecule has 26 heavy (non-hydrogen) atoms. The third-order valence-corrected chi connectivity index (χ3v) is 4.06. The Bertz CT molecular complexity index is 976. The molecule has 0 aliphatic rings. The number of aryl methyl sites for hydroxylation is 1. The minimum absolute atomic E-state index is 0.741. The van der Waals surface area contributed by atoms with Gasteiger partial charge in [0.15, 0.2) is 5.65 Å². The van der Waals surface area contributed by atoms with Gasteiger partial charge in [0.05, 0.1) is 11.9 Å². The summed E-state index contributed by atoms with van der Waals surface area (Å²) < 4.78 is 1.86. The zero-order chi connectivity index (χ0) is 18.4. The van der Waals surface area contributed by atoms with Crippen molar-refractivity contribution < 1.29 is 0 Å². The van der Waals surface area contributed by atoms with Gasteiger partial charge in [0.1, 0.15) is 5.82 Å². The van der Waals surface area contributed by atoms with E-state index >= 15 is 0 Å². The fraction of sp³-hybridized carbons (Fsp3) is 0.190. The lowest BCUT2D eigenvalue weighted by Gasteiger charge is -2.09. The molecule has 5 nitrogen and oxygen atoms in total. The summed E-state index contributed by atoms with van der Waals surface area (Å²) in [6, 6.07) is 16.2. The topological polar surface area (TPSA) is 55.1 Å². The first kappa shape index (κ1) is 17.6. The first-order chi connectivity index (χ1) is 12.8. The third-order valence-electron chi connectivity index (χ3n) is 4.06. The highest BCUT2D eigenvalue weighted by Crippen LogP contribution is 2.20. The molecular weight excluding hydrogens is 322 g/mol. The van der Waals surface area contributed by atoms with Crippen LogP contribution in [0.25, 0.3) is 16.9 Å². The summed E-state index contributed by atoms with van der Waals surface area (Å²) in [5.41, 5.74) is 5.35. The molecule has 1 aromatic carbocycles. The number of nitrogens with one attached hydrogen (secondary N) is 1. The highest BCUT2D eigenvalue weighted by Gasteiger charge is 2.08. The quantitative estimate of drug-likeness (QED) is 0.580. The minimum Gasteiger partial charge on any atom is -0.365 e. The molecule has 3 aromatic heterocycles. The molecule has 1 N–H and O–H groups in total. The summed E-state index contributed by atoms with van der Waals surface area (Å²) in [6.07, 6.45) is 5.38. The van der Waals surface area contributed by atoms with Gasteiger partial charge in [-0.25, -0.2) is 9.50 Å². The summed E-state index contributed by atoms with van der Waals surface area (Å²) >= 11 is 0. The average Bonchev–Trinajstić information content (AvgIpc) is 3.13. The molecule has 0 aliphatic heterocycles. The van der Waals surface area contributed by atoms with Crippen molar-refractivity contribution >= 4 is 11.5 Å². The van der Waals surface area contributed by atoms with Crippen LogP contribution in [0.15, 0.2) is 67.1 Å². The van der Waals surface area contributed by atoms with Gasteiger partial charge in [-0.2, -0.15) is 0 Å². The van der Waals surface area contributed by atoms with Gasteiger partial charge in [-0.1, -0.05) is 38.1 Å². The summed E-state index contributed by atoms with van der Waals surface area (Å²) in [6.45, 7) is 6.86. The smallest absolute Gasteiger partial charge is 0.154 e. The van der Waals surface area contributed by atoms with Crippen molar-refractivity contribution in [1.82, 2.24) is 19.6 Å². The number of aromatic nitrogens is 4. The van der Waals surface area contributed by atoms with Gasteiger partial charge in [0.25, 0.3) is 0 Å². The summed E-state index contributed by atoms with van der Waals surface area (Å²) in [5, 5.41) is 8.07. The van der Waals surface area contributed by atoms with Gasteiger partial charge in [-0.3, -0.25) is 4.98 Å². The maximum Gasteiger partial charge on any atom is 0.154 e. The molecule has 0 fully saturated rings. The average molecular weight is 345 g/mol. The standard InChI is InChI=1S/C19H17N5.C2H6/c1-14-4-2-3-5-16(14)12-21-18-6-7-19-22-13-17(24(19)23-18)15-8-10-20-11-9-15;1-2/h2-11,13H,12H2,1H3,(H,21,23);1-2H3. The van der Waals surface area contributed by atoms with Crippen LogP contribution in [-0.4, -0.2) is 19.6 Å². The molecule has 0 unspecified atom stereocenters.